The summed E-state index contributed by atoms with van der Waals surface area (Å²) in [5.41, 5.74) is 1.13. The molecule has 7 heteroatoms. The monoisotopic (exact) mass is 474 g/mol. The fourth-order valence-electron chi connectivity index (χ4n) is 2.39. The summed E-state index contributed by atoms with van der Waals surface area (Å²) in [5, 5.41) is 9.47. The van der Waals surface area contributed by atoms with Gasteiger partial charge in [-0.15, -0.1) is 24.0 Å². The van der Waals surface area contributed by atoms with Crippen LogP contribution in [0.5, 0.6) is 5.75 Å². The van der Waals surface area contributed by atoms with Crippen LogP contribution in [0.2, 0.25) is 0 Å². The molecule has 3 N–H and O–H groups in total. The molecule has 0 aliphatic heterocycles. The van der Waals surface area contributed by atoms with E-state index in [0.29, 0.717) is 25.6 Å². The molecule has 6 nitrogen and oxygen atoms in total. The molecule has 0 heterocycles. The first-order chi connectivity index (χ1) is 12.1. The Labute approximate surface area is 173 Å². The molecule has 26 heavy (non-hydrogen) atoms. The zero-order chi connectivity index (χ0) is 18.1. The first kappa shape index (κ1) is 22.5. The minimum absolute atomic E-state index is 0. The molecule has 1 amide bonds. The maximum atomic E-state index is 11.6. The quantitative estimate of drug-likeness (QED) is 0.223. The summed E-state index contributed by atoms with van der Waals surface area (Å²) >= 11 is 0. The largest absolute Gasteiger partial charge is 0.489 e. The molecule has 2 rings (SSSR count). The van der Waals surface area contributed by atoms with Crippen LogP contribution in [0.4, 0.5) is 0 Å². The summed E-state index contributed by atoms with van der Waals surface area (Å²) in [6, 6.07) is 8.43. The van der Waals surface area contributed by atoms with Gasteiger partial charge in [-0.3, -0.25) is 9.79 Å². The number of rotatable bonds is 9. The number of aryl methyl sites for hydroxylation is 1. The van der Waals surface area contributed by atoms with Crippen LogP contribution < -0.4 is 20.7 Å². The third kappa shape index (κ3) is 8.73. The third-order valence-electron chi connectivity index (χ3n) is 4.02. The van der Waals surface area contributed by atoms with Gasteiger partial charge < -0.3 is 20.7 Å². The second-order valence-corrected chi connectivity index (χ2v) is 6.52. The van der Waals surface area contributed by atoms with E-state index in [1.165, 1.54) is 0 Å². The first-order valence-electron chi connectivity index (χ1n) is 9.04. The van der Waals surface area contributed by atoms with Gasteiger partial charge in [0.2, 0.25) is 5.91 Å². The van der Waals surface area contributed by atoms with Gasteiger partial charge >= 0.3 is 0 Å². The first-order valence-corrected chi connectivity index (χ1v) is 9.04. The minimum atomic E-state index is 0. The van der Waals surface area contributed by atoms with Crippen molar-refractivity contribution in [3.8, 4) is 5.75 Å². The van der Waals surface area contributed by atoms with Gasteiger partial charge in [-0.2, -0.15) is 0 Å². The Morgan fingerprint density at radius 3 is 2.69 bits per heavy atom. The summed E-state index contributed by atoms with van der Waals surface area (Å²) in [6.45, 7) is 5.42. The van der Waals surface area contributed by atoms with E-state index in [1.807, 2.05) is 38.1 Å². The number of hydrogen-bond donors (Lipinski definition) is 3. The van der Waals surface area contributed by atoms with Crippen LogP contribution in [0.1, 0.15) is 38.2 Å². The third-order valence-corrected chi connectivity index (χ3v) is 4.02. The van der Waals surface area contributed by atoms with Gasteiger partial charge in [-0.05, 0) is 44.7 Å². The zero-order valence-corrected chi connectivity index (χ0v) is 18.2. The molecule has 1 unspecified atom stereocenters. The lowest BCUT2D eigenvalue weighted by molar-refractivity contribution is -0.121. The smallest absolute Gasteiger partial charge is 0.220 e. The molecule has 0 radical (unpaired) electrons. The summed E-state index contributed by atoms with van der Waals surface area (Å²) < 4.78 is 5.94. The Morgan fingerprint density at radius 1 is 1.31 bits per heavy atom. The average molecular weight is 474 g/mol. The van der Waals surface area contributed by atoms with Gasteiger partial charge in [0, 0.05) is 26.1 Å². The van der Waals surface area contributed by atoms with E-state index in [0.717, 1.165) is 36.5 Å². The molecule has 0 saturated heterocycles. The highest BCUT2D eigenvalue weighted by Crippen LogP contribution is 2.18. The number of nitrogens with zero attached hydrogens (tertiary/aromatic N) is 1. The van der Waals surface area contributed by atoms with Crippen molar-refractivity contribution in [2.24, 2.45) is 4.99 Å². The van der Waals surface area contributed by atoms with Crippen molar-refractivity contribution in [3.05, 3.63) is 29.8 Å². The SMILES string of the molecule is CN=C(NCCCC(=O)NC1CC1)NCC(C)Oc1ccccc1C.I. The lowest BCUT2D eigenvalue weighted by Crippen LogP contribution is -2.42. The molecule has 1 atom stereocenters. The number of benzene rings is 1. The van der Waals surface area contributed by atoms with E-state index in [-0.39, 0.29) is 36.0 Å². The summed E-state index contributed by atoms with van der Waals surface area (Å²) in [6.07, 6.45) is 3.61. The molecule has 1 aromatic rings. The maximum Gasteiger partial charge on any atom is 0.220 e. The highest BCUT2D eigenvalue weighted by molar-refractivity contribution is 14.0. The lowest BCUT2D eigenvalue weighted by Gasteiger charge is -2.18. The predicted octanol–water partition coefficient (Wildman–Crippen LogP) is 2.60. The van der Waals surface area contributed by atoms with Crippen molar-refractivity contribution in [2.75, 3.05) is 20.1 Å². The Morgan fingerprint density at radius 2 is 2.04 bits per heavy atom. The zero-order valence-electron chi connectivity index (χ0n) is 15.9. The van der Waals surface area contributed by atoms with Crippen LogP contribution in [0.15, 0.2) is 29.3 Å². The molecule has 0 spiro atoms. The number of aliphatic imine (C=N–C) groups is 1. The molecule has 1 fully saturated rings. The van der Waals surface area contributed by atoms with Gasteiger partial charge in [0.25, 0.3) is 0 Å². The van der Waals surface area contributed by atoms with Gasteiger partial charge in [0.15, 0.2) is 5.96 Å². The Kier molecular flexibility index (Phi) is 10.4. The molecule has 1 aromatic carbocycles. The minimum Gasteiger partial charge on any atom is -0.489 e. The highest BCUT2D eigenvalue weighted by Gasteiger charge is 2.22. The average Bonchev–Trinajstić information content (AvgIpc) is 3.40. The number of nitrogens with one attached hydrogen (secondary N) is 3. The van der Waals surface area contributed by atoms with Crippen LogP contribution in [-0.4, -0.2) is 44.1 Å². The Balaban J connectivity index is 0.00000338. The molecule has 1 aliphatic rings. The van der Waals surface area contributed by atoms with Crippen molar-refractivity contribution in [2.45, 2.75) is 51.7 Å². The van der Waals surface area contributed by atoms with E-state index < -0.39 is 0 Å². The van der Waals surface area contributed by atoms with Crippen molar-refractivity contribution in [1.82, 2.24) is 16.0 Å². The number of halogens is 1. The van der Waals surface area contributed by atoms with Crippen LogP contribution in [0.3, 0.4) is 0 Å². The fraction of sp³-hybridized carbons (Fsp3) is 0.579. The summed E-state index contributed by atoms with van der Waals surface area (Å²) in [5.74, 6) is 1.77. The van der Waals surface area contributed by atoms with Crippen molar-refractivity contribution >= 4 is 35.8 Å². The number of para-hydroxylation sites is 1. The predicted molar refractivity (Wildman–Crippen MR) is 116 cm³/mol. The number of hydrogen-bond acceptors (Lipinski definition) is 3. The van der Waals surface area contributed by atoms with Crippen molar-refractivity contribution in [3.63, 3.8) is 0 Å². The van der Waals surface area contributed by atoms with Gasteiger partial charge in [0.1, 0.15) is 11.9 Å². The number of guanidine groups is 1. The van der Waals surface area contributed by atoms with Crippen LogP contribution >= 0.6 is 24.0 Å². The fourth-order valence-corrected chi connectivity index (χ4v) is 2.39. The molecule has 1 saturated carbocycles. The normalized spacial score (nSPS) is 14.8. The van der Waals surface area contributed by atoms with E-state index >= 15 is 0 Å². The van der Waals surface area contributed by atoms with E-state index in [4.69, 9.17) is 4.74 Å². The molecule has 0 aromatic heterocycles. The number of ether oxygens (including phenoxy) is 1. The van der Waals surface area contributed by atoms with Gasteiger partial charge in [-0.25, -0.2) is 0 Å². The number of carbonyl (C=O) groups is 1. The molecule has 0 bridgehead atoms. The van der Waals surface area contributed by atoms with Crippen LogP contribution in [0, 0.1) is 6.92 Å². The second-order valence-electron chi connectivity index (χ2n) is 6.52. The molecule has 146 valence electrons. The van der Waals surface area contributed by atoms with Crippen LogP contribution in [-0.2, 0) is 4.79 Å². The lowest BCUT2D eigenvalue weighted by atomic mass is 10.2. The van der Waals surface area contributed by atoms with Crippen molar-refractivity contribution < 1.29 is 9.53 Å². The van der Waals surface area contributed by atoms with E-state index in [2.05, 4.69) is 20.9 Å². The standard InChI is InChI=1S/C19H30N4O2.HI/c1-14-7-4-5-8-17(14)25-15(2)13-22-19(20-3)21-12-6-9-18(24)23-16-10-11-16;/h4-5,7-8,15-16H,6,9-13H2,1-3H3,(H,23,24)(H2,20,21,22);1H. The van der Waals surface area contributed by atoms with E-state index in [9.17, 15) is 4.79 Å². The number of carbonyl (C=O) groups excluding carboxylic acids is 1. The summed E-state index contributed by atoms with van der Waals surface area (Å²) in [4.78, 5) is 15.8. The van der Waals surface area contributed by atoms with Crippen LogP contribution in [0.25, 0.3) is 0 Å². The van der Waals surface area contributed by atoms with Gasteiger partial charge in [0.05, 0.1) is 6.54 Å². The highest BCUT2D eigenvalue weighted by atomic mass is 127. The Hall–Kier alpha value is -1.51. The second kappa shape index (κ2) is 12.0. The maximum absolute atomic E-state index is 11.6. The molecular formula is C19H31IN4O2. The Bertz CT molecular complexity index is 591. The summed E-state index contributed by atoms with van der Waals surface area (Å²) in [7, 11) is 1.74. The molecular weight excluding hydrogens is 443 g/mol. The number of amides is 1. The van der Waals surface area contributed by atoms with E-state index in [1.54, 1.807) is 7.05 Å². The topological polar surface area (TPSA) is 74.8 Å². The molecule has 1 aliphatic carbocycles. The van der Waals surface area contributed by atoms with Crippen molar-refractivity contribution in [1.29, 1.82) is 0 Å². The van der Waals surface area contributed by atoms with Gasteiger partial charge in [-0.1, -0.05) is 18.2 Å².